The zero-order valence-corrected chi connectivity index (χ0v) is 12.7. The number of carbonyl (C=O) groups excluding carboxylic acids is 2. The van der Waals surface area contributed by atoms with Crippen molar-refractivity contribution in [2.75, 3.05) is 26.7 Å². The highest BCUT2D eigenvalue weighted by Gasteiger charge is 2.20. The summed E-state index contributed by atoms with van der Waals surface area (Å²) < 4.78 is 5.29. The van der Waals surface area contributed by atoms with Crippen LogP contribution in [0.25, 0.3) is 0 Å². The minimum Gasteiger partial charge on any atom is -0.467 e. The van der Waals surface area contributed by atoms with E-state index < -0.39 is 0 Å². The highest BCUT2D eigenvalue weighted by atomic mass is 16.3. The number of hydrogen-bond acceptors (Lipinski definition) is 3. The maximum Gasteiger partial charge on any atom is 0.317 e. The number of likely N-dealkylation sites (tertiary alicyclic amines) is 1. The summed E-state index contributed by atoms with van der Waals surface area (Å²) in [6.45, 7) is 3.96. The molecule has 0 bridgehead atoms. The molecule has 1 aromatic rings. The first-order valence-corrected chi connectivity index (χ1v) is 7.41. The van der Waals surface area contributed by atoms with Crippen LogP contribution in [0.4, 0.5) is 4.79 Å². The summed E-state index contributed by atoms with van der Waals surface area (Å²) >= 11 is 0. The summed E-state index contributed by atoms with van der Waals surface area (Å²) in [7, 11) is 1.71. The summed E-state index contributed by atoms with van der Waals surface area (Å²) in [5.41, 5.74) is 0. The van der Waals surface area contributed by atoms with Gasteiger partial charge in [0, 0.05) is 33.1 Å². The molecule has 1 unspecified atom stereocenters. The van der Waals surface area contributed by atoms with Crippen LogP contribution in [0.5, 0.6) is 0 Å². The molecule has 0 aromatic carbocycles. The van der Waals surface area contributed by atoms with Gasteiger partial charge in [-0.25, -0.2) is 4.79 Å². The molecule has 0 aliphatic carbocycles. The Morgan fingerprint density at radius 1 is 1.43 bits per heavy atom. The molecule has 1 aliphatic heterocycles. The maximum atomic E-state index is 12.0. The lowest BCUT2D eigenvalue weighted by atomic mass is 10.2. The molecule has 1 saturated heterocycles. The van der Waals surface area contributed by atoms with Gasteiger partial charge in [-0.2, -0.15) is 0 Å². The summed E-state index contributed by atoms with van der Waals surface area (Å²) in [6.07, 6.45) is 4.12. The van der Waals surface area contributed by atoms with Crippen molar-refractivity contribution in [3.63, 3.8) is 0 Å². The number of carbonyl (C=O) groups is 2. The van der Waals surface area contributed by atoms with Gasteiger partial charge in [0.2, 0.25) is 5.91 Å². The molecule has 1 aromatic heterocycles. The summed E-state index contributed by atoms with van der Waals surface area (Å²) in [4.78, 5) is 27.3. The van der Waals surface area contributed by atoms with Crippen molar-refractivity contribution in [2.45, 2.75) is 32.2 Å². The van der Waals surface area contributed by atoms with Gasteiger partial charge in [-0.15, -0.1) is 0 Å². The van der Waals surface area contributed by atoms with E-state index in [-0.39, 0.29) is 18.0 Å². The van der Waals surface area contributed by atoms with Gasteiger partial charge in [0.05, 0.1) is 12.3 Å². The fraction of sp³-hybridized carbons (Fsp3) is 0.600. The molecule has 1 atom stereocenters. The van der Waals surface area contributed by atoms with Gasteiger partial charge in [-0.05, 0) is 31.9 Å². The highest BCUT2D eigenvalue weighted by molar-refractivity contribution is 5.78. The van der Waals surface area contributed by atoms with E-state index in [2.05, 4.69) is 5.32 Å². The number of furan rings is 1. The van der Waals surface area contributed by atoms with Crippen molar-refractivity contribution in [2.24, 2.45) is 0 Å². The second-order valence-electron chi connectivity index (χ2n) is 5.37. The molecule has 0 radical (unpaired) electrons. The Morgan fingerprint density at radius 3 is 2.76 bits per heavy atom. The Balaban J connectivity index is 1.72. The molecule has 0 saturated carbocycles. The van der Waals surface area contributed by atoms with E-state index >= 15 is 0 Å². The van der Waals surface area contributed by atoms with Crippen LogP contribution >= 0.6 is 0 Å². The monoisotopic (exact) mass is 293 g/mol. The molecule has 21 heavy (non-hydrogen) atoms. The van der Waals surface area contributed by atoms with Crippen molar-refractivity contribution in [1.29, 1.82) is 0 Å². The predicted molar refractivity (Wildman–Crippen MR) is 78.7 cm³/mol. The zero-order chi connectivity index (χ0) is 15.2. The number of rotatable bonds is 5. The number of amides is 3. The molecule has 2 rings (SSSR count). The van der Waals surface area contributed by atoms with Crippen molar-refractivity contribution in [3.05, 3.63) is 24.2 Å². The van der Waals surface area contributed by atoms with Crippen LogP contribution in [0.3, 0.4) is 0 Å². The van der Waals surface area contributed by atoms with E-state index in [9.17, 15) is 9.59 Å². The first kappa shape index (κ1) is 15.4. The average molecular weight is 293 g/mol. The standard InChI is InChI=1S/C15H23N3O3/c1-12(13-6-5-11-21-13)17(2)15(20)16-8-7-14(19)18-9-3-4-10-18/h5-6,11-12H,3-4,7-10H2,1-2H3,(H,16,20). The highest BCUT2D eigenvalue weighted by Crippen LogP contribution is 2.18. The van der Waals surface area contributed by atoms with Crippen molar-refractivity contribution >= 4 is 11.9 Å². The summed E-state index contributed by atoms with van der Waals surface area (Å²) in [6, 6.07) is 3.29. The van der Waals surface area contributed by atoms with Crippen LogP contribution in [-0.4, -0.2) is 48.4 Å². The van der Waals surface area contributed by atoms with Gasteiger partial charge in [0.1, 0.15) is 5.76 Å². The van der Waals surface area contributed by atoms with Crippen LogP contribution in [0.15, 0.2) is 22.8 Å². The molecule has 116 valence electrons. The Kier molecular flexibility index (Phi) is 5.25. The van der Waals surface area contributed by atoms with Gasteiger partial charge in [0.15, 0.2) is 0 Å². The minimum atomic E-state index is -0.201. The number of nitrogens with zero attached hydrogens (tertiary/aromatic N) is 2. The molecule has 1 aliphatic rings. The van der Waals surface area contributed by atoms with Gasteiger partial charge < -0.3 is 19.5 Å². The van der Waals surface area contributed by atoms with Crippen molar-refractivity contribution in [1.82, 2.24) is 15.1 Å². The van der Waals surface area contributed by atoms with Crippen molar-refractivity contribution in [3.8, 4) is 0 Å². The number of hydrogen-bond donors (Lipinski definition) is 1. The van der Waals surface area contributed by atoms with Crippen LogP contribution in [0, 0.1) is 0 Å². The SMILES string of the molecule is CC(c1ccco1)N(C)C(=O)NCCC(=O)N1CCCC1. The molecule has 0 spiro atoms. The normalized spacial score (nSPS) is 15.8. The van der Waals surface area contributed by atoms with Crippen LogP contribution in [0.2, 0.25) is 0 Å². The van der Waals surface area contributed by atoms with Crippen molar-refractivity contribution < 1.29 is 14.0 Å². The van der Waals surface area contributed by atoms with E-state index in [1.807, 2.05) is 17.9 Å². The number of nitrogens with one attached hydrogen (secondary N) is 1. The third-order valence-corrected chi connectivity index (χ3v) is 3.93. The topological polar surface area (TPSA) is 65.8 Å². The predicted octanol–water partition coefficient (Wildman–Crippen LogP) is 1.99. The van der Waals surface area contributed by atoms with E-state index in [1.165, 1.54) is 0 Å². The van der Waals surface area contributed by atoms with Gasteiger partial charge in [-0.1, -0.05) is 0 Å². The fourth-order valence-electron chi connectivity index (χ4n) is 2.42. The lowest BCUT2D eigenvalue weighted by molar-refractivity contribution is -0.129. The average Bonchev–Trinajstić information content (AvgIpc) is 3.17. The fourth-order valence-corrected chi connectivity index (χ4v) is 2.42. The van der Waals surface area contributed by atoms with E-state index in [1.54, 1.807) is 24.3 Å². The molecule has 6 heteroatoms. The zero-order valence-electron chi connectivity index (χ0n) is 12.7. The van der Waals surface area contributed by atoms with Crippen LogP contribution < -0.4 is 5.32 Å². The molecule has 1 fully saturated rings. The van der Waals surface area contributed by atoms with E-state index in [0.29, 0.717) is 13.0 Å². The molecular formula is C15H23N3O3. The Labute approximate surface area is 125 Å². The Bertz CT molecular complexity index is 467. The van der Waals surface area contributed by atoms with Crippen LogP contribution in [0.1, 0.15) is 38.0 Å². The molecule has 1 N–H and O–H groups in total. The smallest absolute Gasteiger partial charge is 0.317 e. The summed E-state index contributed by atoms with van der Waals surface area (Å²) in [5, 5.41) is 2.78. The lowest BCUT2D eigenvalue weighted by Gasteiger charge is -2.23. The largest absolute Gasteiger partial charge is 0.467 e. The minimum absolute atomic E-state index is 0.120. The quantitative estimate of drug-likeness (QED) is 0.903. The Hall–Kier alpha value is -1.98. The first-order chi connectivity index (χ1) is 10.1. The second kappa shape index (κ2) is 7.15. The van der Waals surface area contributed by atoms with E-state index in [0.717, 1.165) is 31.7 Å². The lowest BCUT2D eigenvalue weighted by Crippen LogP contribution is -2.40. The van der Waals surface area contributed by atoms with E-state index in [4.69, 9.17) is 4.42 Å². The first-order valence-electron chi connectivity index (χ1n) is 7.41. The molecule has 3 amide bonds. The Morgan fingerprint density at radius 2 is 2.14 bits per heavy atom. The van der Waals surface area contributed by atoms with Gasteiger partial charge in [-0.3, -0.25) is 4.79 Å². The maximum absolute atomic E-state index is 12.0. The van der Waals surface area contributed by atoms with Gasteiger partial charge >= 0.3 is 6.03 Å². The summed E-state index contributed by atoms with van der Waals surface area (Å²) in [5.74, 6) is 0.857. The molecule has 2 heterocycles. The van der Waals surface area contributed by atoms with Crippen LogP contribution in [-0.2, 0) is 4.79 Å². The molecular weight excluding hydrogens is 270 g/mol. The second-order valence-corrected chi connectivity index (χ2v) is 5.37. The number of urea groups is 1. The van der Waals surface area contributed by atoms with Gasteiger partial charge in [0.25, 0.3) is 0 Å². The third-order valence-electron chi connectivity index (χ3n) is 3.93. The third kappa shape index (κ3) is 4.00. The molecule has 6 nitrogen and oxygen atoms in total.